The Morgan fingerprint density at radius 1 is 0.684 bits per heavy atom. The number of phenolic OH excluding ortho intramolecular Hbond substituents is 3. The Hall–Kier alpha value is -4.31. The molecule has 0 fully saturated rings. The van der Waals surface area contributed by atoms with Crippen molar-refractivity contribution in [2.24, 2.45) is 0 Å². The zero-order valence-electron chi connectivity index (χ0n) is 20.0. The van der Waals surface area contributed by atoms with Crippen LogP contribution in [0.1, 0.15) is 30.0 Å². The Morgan fingerprint density at radius 2 is 0.947 bits per heavy atom. The Morgan fingerprint density at radius 3 is 1.16 bits per heavy atom. The topological polar surface area (TPSA) is 193 Å². The summed E-state index contributed by atoms with van der Waals surface area (Å²) in [5.41, 5.74) is -0.477. The fourth-order valence-corrected chi connectivity index (χ4v) is 3.33. The number of hydrogen-bond donors (Lipinski definition) is 3. The molecular weight excluding hydrogens is 584 g/mol. The monoisotopic (exact) mass is 609 g/mol. The molecule has 0 saturated carbocycles. The van der Waals surface area contributed by atoms with Crippen LogP contribution in [0.25, 0.3) is 0 Å². The first kappa shape index (κ1) is 29.9. The standard InChI is InChI=1S/C21H18N4O9.C3H5.Mo/c26-19-4-1-16(23(29)30)7-13(19)10-22(11-14-8-17(24(31)32)2-5-20(14)27)12-15-9-18(25(33)34)3-6-21(15)28;1-3-2;/h1-9,26-28H,10-12H2;3H2,1H3;. The first-order valence-corrected chi connectivity index (χ1v) is 11.9. The molecule has 0 aliphatic carbocycles. The van der Waals surface area contributed by atoms with E-state index in [1.54, 1.807) is 0 Å². The van der Waals surface area contributed by atoms with Crippen molar-refractivity contribution >= 4 is 17.1 Å². The average molecular weight is 607 g/mol. The van der Waals surface area contributed by atoms with Crippen LogP contribution >= 0.6 is 0 Å². The van der Waals surface area contributed by atoms with E-state index in [2.05, 4.69) is 11.1 Å². The quantitative estimate of drug-likeness (QED) is 0.175. The maximum atomic E-state index is 11.1. The van der Waals surface area contributed by atoms with Gasteiger partial charge in [0, 0.05) is 72.7 Å². The van der Waals surface area contributed by atoms with Gasteiger partial charge in [-0.05, 0) is 18.2 Å². The molecule has 3 aromatic carbocycles. The molecule has 0 bridgehead atoms. The van der Waals surface area contributed by atoms with Crippen molar-refractivity contribution in [3.05, 3.63) is 102 Å². The smallest absolute Gasteiger partial charge is 0.270 e. The van der Waals surface area contributed by atoms with Gasteiger partial charge in [0.05, 0.1) is 14.8 Å². The molecule has 0 aromatic heterocycles. The van der Waals surface area contributed by atoms with E-state index in [-0.39, 0.29) is 70.6 Å². The second-order valence-electron chi connectivity index (χ2n) is 7.85. The summed E-state index contributed by atoms with van der Waals surface area (Å²) in [7, 11) is 0. The first-order valence-electron chi connectivity index (χ1n) is 10.9. The number of aromatic hydroxyl groups is 3. The summed E-state index contributed by atoms with van der Waals surface area (Å²) in [6.07, 6.45) is 1.07. The van der Waals surface area contributed by atoms with E-state index in [0.29, 0.717) is 0 Å². The van der Waals surface area contributed by atoms with E-state index in [1.165, 1.54) is 4.90 Å². The van der Waals surface area contributed by atoms with Gasteiger partial charge in [-0.3, -0.25) is 35.2 Å². The van der Waals surface area contributed by atoms with Crippen LogP contribution in [0.3, 0.4) is 0 Å². The molecule has 38 heavy (non-hydrogen) atoms. The van der Waals surface area contributed by atoms with Crippen molar-refractivity contribution in [2.45, 2.75) is 33.0 Å². The molecule has 0 heterocycles. The molecule has 3 aromatic rings. The SMILES string of the molecule is CC[C]#[Mo].O=[N+]([O-])c1ccc(O)c(CN(Cc2cc([N+](=O)[O-])ccc2O)Cc2cc([N+](=O)[O-])ccc2O)c1. The minimum atomic E-state index is -0.647. The van der Waals surface area contributed by atoms with Crippen LogP contribution in [0, 0.1) is 34.5 Å². The number of nitro groups is 3. The Balaban J connectivity index is 0.00000118. The molecule has 0 amide bonds. The van der Waals surface area contributed by atoms with Crippen molar-refractivity contribution in [3.8, 4) is 21.5 Å². The molecule has 0 saturated heterocycles. The number of nitro benzene ring substituents is 3. The molecular formula is C24H23MoN4O9. The summed E-state index contributed by atoms with van der Waals surface area (Å²) in [5, 5.41) is 64.1. The van der Waals surface area contributed by atoms with Gasteiger partial charge in [0.15, 0.2) is 0 Å². The number of non-ortho nitro benzene ring substituents is 3. The van der Waals surface area contributed by atoms with Gasteiger partial charge in [0.2, 0.25) is 0 Å². The molecule has 0 radical (unpaired) electrons. The maximum Gasteiger partial charge on any atom is 0.270 e. The van der Waals surface area contributed by atoms with Crippen LogP contribution in [0.4, 0.5) is 17.1 Å². The third-order valence-electron chi connectivity index (χ3n) is 5.15. The molecule has 0 atom stereocenters. The van der Waals surface area contributed by atoms with Crippen molar-refractivity contribution in [1.82, 2.24) is 4.90 Å². The summed E-state index contributed by atoms with van der Waals surface area (Å²) in [6, 6.07) is 10.2. The van der Waals surface area contributed by atoms with Crippen molar-refractivity contribution in [1.29, 1.82) is 0 Å². The van der Waals surface area contributed by atoms with E-state index in [9.17, 15) is 45.7 Å². The van der Waals surface area contributed by atoms with E-state index in [0.717, 1.165) is 61.0 Å². The zero-order chi connectivity index (χ0) is 28.4. The predicted molar refractivity (Wildman–Crippen MR) is 131 cm³/mol. The summed E-state index contributed by atoms with van der Waals surface area (Å²) in [5.74, 6) is -0.786. The van der Waals surface area contributed by atoms with Crippen molar-refractivity contribution in [3.63, 3.8) is 0 Å². The third kappa shape index (κ3) is 8.38. The van der Waals surface area contributed by atoms with Crippen LogP contribution in [0.15, 0.2) is 54.6 Å². The zero-order valence-corrected chi connectivity index (χ0v) is 22.0. The van der Waals surface area contributed by atoms with Gasteiger partial charge in [0.25, 0.3) is 17.1 Å². The molecule has 199 valence electrons. The van der Waals surface area contributed by atoms with Crippen LogP contribution in [0.2, 0.25) is 0 Å². The van der Waals surface area contributed by atoms with Crippen LogP contribution in [0.5, 0.6) is 17.2 Å². The van der Waals surface area contributed by atoms with Gasteiger partial charge in [-0.25, -0.2) is 0 Å². The van der Waals surface area contributed by atoms with Crippen LogP contribution < -0.4 is 0 Å². The number of phenols is 3. The number of hydrogen-bond acceptors (Lipinski definition) is 10. The second-order valence-corrected chi connectivity index (χ2v) is 8.56. The first-order chi connectivity index (χ1) is 18.0. The largest absolute Gasteiger partial charge is 0.508 e. The van der Waals surface area contributed by atoms with Gasteiger partial charge in [-0.1, -0.05) is 0 Å². The van der Waals surface area contributed by atoms with Crippen molar-refractivity contribution in [2.75, 3.05) is 0 Å². The van der Waals surface area contributed by atoms with Gasteiger partial charge in [-0.15, -0.1) is 0 Å². The summed E-state index contributed by atoms with van der Waals surface area (Å²) in [4.78, 5) is 33.0. The Bertz CT molecular complexity index is 1240. The van der Waals surface area contributed by atoms with E-state index in [4.69, 9.17) is 0 Å². The Labute approximate surface area is 227 Å². The van der Waals surface area contributed by atoms with Gasteiger partial charge < -0.3 is 15.3 Å². The molecule has 13 nitrogen and oxygen atoms in total. The predicted octanol–water partition coefficient (Wildman–Crippen LogP) is 4.63. The summed E-state index contributed by atoms with van der Waals surface area (Å²) < 4.78 is 2.94. The van der Waals surface area contributed by atoms with Crippen LogP contribution in [-0.4, -0.2) is 35.0 Å². The van der Waals surface area contributed by atoms with Crippen LogP contribution in [-0.2, 0) is 38.8 Å². The molecule has 0 spiro atoms. The number of nitrogens with zero attached hydrogens (tertiary/aromatic N) is 4. The minimum absolute atomic E-state index is 0.129. The normalized spacial score (nSPS) is 10.2. The molecule has 3 N–H and O–H groups in total. The van der Waals surface area contributed by atoms with Crippen molar-refractivity contribution < 1.29 is 49.2 Å². The van der Waals surface area contributed by atoms with E-state index < -0.39 is 14.8 Å². The average Bonchev–Trinajstić information content (AvgIpc) is 2.87. The fraction of sp³-hybridized carbons (Fsp3) is 0.208. The maximum absolute atomic E-state index is 11.1. The number of rotatable bonds is 9. The van der Waals surface area contributed by atoms with Gasteiger partial charge in [-0.2, -0.15) is 0 Å². The molecule has 0 unspecified atom stereocenters. The molecule has 0 aliphatic rings. The summed E-state index contributed by atoms with van der Waals surface area (Å²) in [6.45, 7) is 1.61. The fourth-order valence-electron chi connectivity index (χ4n) is 3.33. The second kappa shape index (κ2) is 13.8. The molecule has 14 heteroatoms. The van der Waals surface area contributed by atoms with Gasteiger partial charge >= 0.3 is 36.7 Å². The summed E-state index contributed by atoms with van der Waals surface area (Å²) >= 11 is 1.87. The molecule has 3 rings (SSSR count). The van der Waals surface area contributed by atoms with E-state index in [1.807, 2.05) is 19.2 Å². The Kier molecular flexibility index (Phi) is 10.9. The third-order valence-corrected chi connectivity index (χ3v) is 5.86. The van der Waals surface area contributed by atoms with E-state index >= 15 is 0 Å². The van der Waals surface area contributed by atoms with Gasteiger partial charge in [0.1, 0.15) is 17.2 Å². The minimum Gasteiger partial charge on any atom is -0.508 e. The molecule has 0 aliphatic heterocycles. The number of benzene rings is 3.